The summed E-state index contributed by atoms with van der Waals surface area (Å²) in [4.78, 5) is 21.5. The number of thiol groups is 2. The highest BCUT2D eigenvalue weighted by Gasteiger charge is 2.19. The molecule has 0 aliphatic carbocycles. The zero-order valence-electron chi connectivity index (χ0n) is 7.02. The number of aliphatic carboxylic acids is 1. The van der Waals surface area contributed by atoms with Gasteiger partial charge >= 0.3 is 5.97 Å². The molecule has 0 aliphatic rings. The van der Waals surface area contributed by atoms with Crippen molar-refractivity contribution in [2.24, 2.45) is 0 Å². The van der Waals surface area contributed by atoms with Gasteiger partial charge in [0, 0.05) is 5.75 Å². The van der Waals surface area contributed by atoms with Crippen LogP contribution in [0.25, 0.3) is 0 Å². The fourth-order valence-corrected chi connectivity index (χ4v) is 1.17. The van der Waals surface area contributed by atoms with Crippen LogP contribution < -0.4 is 10.0 Å². The van der Waals surface area contributed by atoms with Gasteiger partial charge in [-0.05, 0) is 6.92 Å². The molecule has 0 spiro atoms. The average molecular weight is 224 g/mol. The molecule has 0 radical (unpaired) electrons. The van der Waals surface area contributed by atoms with Crippen molar-refractivity contribution in [3.8, 4) is 0 Å². The molecule has 7 heteroatoms. The third-order valence-corrected chi connectivity index (χ3v) is 2.06. The number of rotatable bonds is 5. The molecule has 2 unspecified atom stereocenters. The lowest BCUT2D eigenvalue weighted by atomic mass is 10.3. The second-order valence-corrected chi connectivity index (χ2v) is 3.06. The number of carboxylic acid groups (broad SMARTS) is 1. The van der Waals surface area contributed by atoms with Crippen LogP contribution in [0.2, 0.25) is 0 Å². The minimum atomic E-state index is -1.08. The number of hydrogen-bond donors (Lipinski definition) is 5. The van der Waals surface area contributed by atoms with E-state index in [0.29, 0.717) is 0 Å². The molecule has 2 atom stereocenters. The summed E-state index contributed by atoms with van der Waals surface area (Å²) in [6.07, 6.45) is 0. The fraction of sp³-hybridized carbons (Fsp3) is 0.667. The second-order valence-electron chi connectivity index (χ2n) is 2.43. The molecule has 0 heterocycles. The van der Waals surface area contributed by atoms with Gasteiger partial charge in [0.2, 0.25) is 5.91 Å². The molecule has 0 saturated carbocycles. The number of carbonyl (C=O) groups excluding carboxylic acids is 1. The van der Waals surface area contributed by atoms with Gasteiger partial charge in [-0.2, -0.15) is 12.6 Å². The van der Waals surface area contributed by atoms with Gasteiger partial charge in [-0.1, -0.05) is 12.8 Å². The maximum Gasteiger partial charge on any atom is 0.325 e. The molecule has 0 saturated heterocycles. The Labute approximate surface area is 87.2 Å². The Morgan fingerprint density at radius 1 is 1.54 bits per heavy atom. The van der Waals surface area contributed by atoms with Gasteiger partial charge in [0.15, 0.2) is 0 Å². The Morgan fingerprint density at radius 2 is 2.08 bits per heavy atom. The van der Waals surface area contributed by atoms with E-state index in [1.807, 2.05) is 0 Å². The Balaban J connectivity index is 4.05. The topological polar surface area (TPSA) is 78.4 Å². The molecule has 1 amide bonds. The normalized spacial score (nSPS) is 14.7. The smallest absolute Gasteiger partial charge is 0.325 e. The highest BCUT2D eigenvalue weighted by molar-refractivity contribution is 7.80. The van der Waals surface area contributed by atoms with Crippen molar-refractivity contribution in [3.63, 3.8) is 0 Å². The Hall–Kier alpha value is -0.400. The molecule has 0 aromatic carbocycles. The molecular weight excluding hydrogens is 212 g/mol. The molecule has 0 aromatic heterocycles. The van der Waals surface area contributed by atoms with E-state index >= 15 is 0 Å². The summed E-state index contributed by atoms with van der Waals surface area (Å²) in [5.41, 5.74) is 0. The van der Waals surface area contributed by atoms with Gasteiger partial charge in [0.05, 0.1) is 0 Å². The van der Waals surface area contributed by atoms with Crippen molar-refractivity contribution in [1.29, 1.82) is 0 Å². The Bertz CT molecular complexity index is 196. The predicted octanol–water partition coefficient (Wildman–Crippen LogP) is -0.692. The van der Waals surface area contributed by atoms with Gasteiger partial charge in [-0.15, -0.1) is 0 Å². The molecule has 0 aromatic rings. The lowest BCUT2D eigenvalue weighted by molar-refractivity contribution is -0.141. The van der Waals surface area contributed by atoms with Crippen LogP contribution >= 0.6 is 25.4 Å². The van der Waals surface area contributed by atoms with E-state index in [9.17, 15) is 9.59 Å². The van der Waals surface area contributed by atoms with Crippen LogP contribution in [0.1, 0.15) is 6.92 Å². The first-order valence-electron chi connectivity index (χ1n) is 3.56. The summed E-state index contributed by atoms with van der Waals surface area (Å²) < 4.78 is 2.41. The van der Waals surface area contributed by atoms with Crippen molar-refractivity contribution in [2.45, 2.75) is 19.0 Å². The van der Waals surface area contributed by atoms with Crippen molar-refractivity contribution in [1.82, 2.24) is 10.0 Å². The first kappa shape index (κ1) is 12.6. The quantitative estimate of drug-likeness (QED) is 0.401. The van der Waals surface area contributed by atoms with Gasteiger partial charge in [0.1, 0.15) is 12.1 Å². The standard InChI is InChI=1S/C6H12N2O3S2/c1-3(6(10)11)7-5(9)4(2-12)8-13/h3-4,8,12-13H,2H2,1H3,(H,7,9)(H,10,11). The van der Waals surface area contributed by atoms with Crippen LogP contribution in [0, 0.1) is 0 Å². The van der Waals surface area contributed by atoms with Crippen LogP contribution in [0.3, 0.4) is 0 Å². The lowest BCUT2D eigenvalue weighted by Crippen LogP contribution is -2.47. The third-order valence-electron chi connectivity index (χ3n) is 1.38. The molecule has 13 heavy (non-hydrogen) atoms. The minimum absolute atomic E-state index is 0.252. The number of carbonyl (C=O) groups is 2. The monoisotopic (exact) mass is 224 g/mol. The number of nitrogens with one attached hydrogen (secondary N) is 2. The maximum absolute atomic E-state index is 11.2. The summed E-state index contributed by atoms with van der Waals surface area (Å²) in [5, 5.41) is 10.8. The molecule has 5 nitrogen and oxygen atoms in total. The molecule has 0 aliphatic heterocycles. The molecular formula is C6H12N2O3S2. The Morgan fingerprint density at radius 3 is 2.38 bits per heavy atom. The molecule has 0 fully saturated rings. The first-order chi connectivity index (χ1) is 6.02. The first-order valence-corrected chi connectivity index (χ1v) is 4.64. The summed E-state index contributed by atoms with van der Waals surface area (Å²) in [5.74, 6) is -1.26. The summed E-state index contributed by atoms with van der Waals surface area (Å²) >= 11 is 7.59. The SMILES string of the molecule is CC(NC(=O)C(CS)NS)C(=O)O. The lowest BCUT2D eigenvalue weighted by Gasteiger charge is -2.15. The summed E-state index contributed by atoms with van der Waals surface area (Å²) in [6, 6.07) is -1.50. The van der Waals surface area contributed by atoms with E-state index in [1.54, 1.807) is 0 Å². The van der Waals surface area contributed by atoms with E-state index in [2.05, 4.69) is 35.5 Å². The average Bonchev–Trinajstić information content (AvgIpc) is 2.06. The van der Waals surface area contributed by atoms with Crippen molar-refractivity contribution < 1.29 is 14.7 Å². The van der Waals surface area contributed by atoms with Crippen molar-refractivity contribution in [2.75, 3.05) is 5.75 Å². The largest absolute Gasteiger partial charge is 0.480 e. The van der Waals surface area contributed by atoms with E-state index in [4.69, 9.17) is 5.11 Å². The number of carboxylic acids is 1. The van der Waals surface area contributed by atoms with Crippen LogP contribution in [-0.4, -0.2) is 34.8 Å². The highest BCUT2D eigenvalue weighted by Crippen LogP contribution is 1.91. The van der Waals surface area contributed by atoms with E-state index < -0.39 is 24.0 Å². The Kier molecular flexibility index (Phi) is 5.93. The van der Waals surface area contributed by atoms with Crippen molar-refractivity contribution in [3.05, 3.63) is 0 Å². The van der Waals surface area contributed by atoms with Crippen LogP contribution in [0.15, 0.2) is 0 Å². The van der Waals surface area contributed by atoms with Gasteiger partial charge in [-0.25, -0.2) is 0 Å². The molecule has 3 N–H and O–H groups in total. The summed E-state index contributed by atoms with van der Waals surface area (Å²) in [7, 11) is 0. The van der Waals surface area contributed by atoms with Crippen LogP contribution in [-0.2, 0) is 9.59 Å². The predicted molar refractivity (Wildman–Crippen MR) is 55.0 cm³/mol. The van der Waals surface area contributed by atoms with Crippen molar-refractivity contribution >= 4 is 37.3 Å². The van der Waals surface area contributed by atoms with E-state index in [0.717, 1.165) is 0 Å². The molecule has 0 rings (SSSR count). The maximum atomic E-state index is 11.2. The third kappa shape index (κ3) is 4.39. The van der Waals surface area contributed by atoms with Gasteiger partial charge < -0.3 is 10.4 Å². The van der Waals surface area contributed by atoms with Gasteiger partial charge in [0.25, 0.3) is 0 Å². The minimum Gasteiger partial charge on any atom is -0.480 e. The summed E-state index contributed by atoms with van der Waals surface area (Å²) in [6.45, 7) is 1.38. The van der Waals surface area contributed by atoms with Crippen LogP contribution in [0.4, 0.5) is 0 Å². The van der Waals surface area contributed by atoms with E-state index in [-0.39, 0.29) is 5.75 Å². The second kappa shape index (κ2) is 6.11. The fourth-order valence-electron chi connectivity index (χ4n) is 0.558. The molecule has 0 bridgehead atoms. The van der Waals surface area contributed by atoms with Crippen LogP contribution in [0.5, 0.6) is 0 Å². The number of amides is 1. The zero-order chi connectivity index (χ0) is 10.4. The highest BCUT2D eigenvalue weighted by atomic mass is 32.1. The number of hydrogen-bond acceptors (Lipinski definition) is 5. The zero-order valence-corrected chi connectivity index (χ0v) is 8.81. The van der Waals surface area contributed by atoms with Gasteiger partial charge in [-0.3, -0.25) is 14.3 Å². The molecule has 76 valence electrons. The van der Waals surface area contributed by atoms with E-state index in [1.165, 1.54) is 6.92 Å².